The van der Waals surface area contributed by atoms with Crippen molar-refractivity contribution in [1.82, 2.24) is 20.4 Å². The standard InChI is InChI=1S/C13H12N4O/c1-2-4-12-10(3-1)5-14-6-11(12)7-15-8-13-16-9-18-17-13/h1-6,9,15H,7-8H2. The number of hydrogen-bond donors (Lipinski definition) is 1. The number of fused-ring (bicyclic) bond motifs is 1. The van der Waals surface area contributed by atoms with E-state index in [2.05, 4.69) is 37.1 Å². The van der Waals surface area contributed by atoms with Gasteiger partial charge in [0.2, 0.25) is 6.39 Å². The van der Waals surface area contributed by atoms with Gasteiger partial charge in [-0.05, 0) is 10.9 Å². The second kappa shape index (κ2) is 4.93. The predicted molar refractivity (Wildman–Crippen MR) is 66.6 cm³/mol. The average molecular weight is 240 g/mol. The highest BCUT2D eigenvalue weighted by molar-refractivity contribution is 5.84. The average Bonchev–Trinajstić information content (AvgIpc) is 2.92. The van der Waals surface area contributed by atoms with E-state index in [9.17, 15) is 0 Å². The highest BCUT2D eigenvalue weighted by Gasteiger charge is 2.02. The van der Waals surface area contributed by atoms with Crippen LogP contribution in [0.2, 0.25) is 0 Å². The van der Waals surface area contributed by atoms with Gasteiger partial charge in [0, 0.05) is 24.3 Å². The molecule has 0 amide bonds. The third-order valence-electron chi connectivity index (χ3n) is 2.76. The summed E-state index contributed by atoms with van der Waals surface area (Å²) in [6, 6.07) is 8.21. The number of nitrogens with zero attached hydrogens (tertiary/aromatic N) is 3. The minimum absolute atomic E-state index is 0.583. The van der Waals surface area contributed by atoms with E-state index in [1.165, 1.54) is 11.8 Å². The van der Waals surface area contributed by atoms with Gasteiger partial charge in [0.05, 0.1) is 6.54 Å². The molecule has 0 spiro atoms. The van der Waals surface area contributed by atoms with E-state index < -0.39 is 0 Å². The SMILES string of the molecule is c1ccc2c(CNCc3ncon3)cncc2c1. The van der Waals surface area contributed by atoms with Gasteiger partial charge in [0.15, 0.2) is 5.82 Å². The van der Waals surface area contributed by atoms with Crippen molar-refractivity contribution in [2.45, 2.75) is 13.1 Å². The lowest BCUT2D eigenvalue weighted by molar-refractivity contribution is 0.407. The third kappa shape index (κ3) is 2.21. The summed E-state index contributed by atoms with van der Waals surface area (Å²) in [6.45, 7) is 1.31. The molecule has 0 fully saturated rings. The van der Waals surface area contributed by atoms with Crippen LogP contribution in [0, 0.1) is 0 Å². The van der Waals surface area contributed by atoms with Crippen molar-refractivity contribution in [3.63, 3.8) is 0 Å². The first kappa shape index (κ1) is 10.9. The van der Waals surface area contributed by atoms with E-state index in [1.54, 1.807) is 0 Å². The van der Waals surface area contributed by atoms with Crippen LogP contribution in [-0.2, 0) is 13.1 Å². The third-order valence-corrected chi connectivity index (χ3v) is 2.76. The molecule has 2 heterocycles. The highest BCUT2D eigenvalue weighted by atomic mass is 16.5. The van der Waals surface area contributed by atoms with Gasteiger partial charge in [-0.25, -0.2) is 0 Å². The molecule has 1 N–H and O–H groups in total. The molecule has 18 heavy (non-hydrogen) atoms. The zero-order chi connectivity index (χ0) is 12.2. The van der Waals surface area contributed by atoms with Crippen molar-refractivity contribution in [3.05, 3.63) is 54.4 Å². The summed E-state index contributed by atoms with van der Waals surface area (Å²) in [5, 5.41) is 9.38. The molecule has 5 heteroatoms. The largest absolute Gasteiger partial charge is 0.343 e. The quantitative estimate of drug-likeness (QED) is 0.754. The lowest BCUT2D eigenvalue weighted by Gasteiger charge is -2.06. The fourth-order valence-electron chi connectivity index (χ4n) is 1.90. The molecule has 3 rings (SSSR count). The number of pyridine rings is 1. The van der Waals surface area contributed by atoms with Gasteiger partial charge in [-0.15, -0.1) is 0 Å². The second-order valence-corrected chi connectivity index (χ2v) is 3.97. The molecule has 0 saturated heterocycles. The van der Waals surface area contributed by atoms with Gasteiger partial charge in [0.25, 0.3) is 0 Å². The van der Waals surface area contributed by atoms with Gasteiger partial charge in [-0.1, -0.05) is 29.4 Å². The Hall–Kier alpha value is -2.27. The van der Waals surface area contributed by atoms with Crippen molar-refractivity contribution in [2.24, 2.45) is 0 Å². The number of benzene rings is 1. The van der Waals surface area contributed by atoms with Crippen molar-refractivity contribution in [1.29, 1.82) is 0 Å². The van der Waals surface area contributed by atoms with Crippen LogP contribution in [0.1, 0.15) is 11.4 Å². The number of aromatic nitrogens is 3. The van der Waals surface area contributed by atoms with Gasteiger partial charge in [-0.2, -0.15) is 4.98 Å². The molecule has 90 valence electrons. The highest BCUT2D eigenvalue weighted by Crippen LogP contribution is 2.16. The molecular weight excluding hydrogens is 228 g/mol. The zero-order valence-corrected chi connectivity index (χ0v) is 9.71. The van der Waals surface area contributed by atoms with Crippen LogP contribution in [0.4, 0.5) is 0 Å². The molecule has 3 aromatic rings. The molecule has 0 atom stereocenters. The van der Waals surface area contributed by atoms with Crippen LogP contribution in [0.15, 0.2) is 47.6 Å². The number of hydrogen-bond acceptors (Lipinski definition) is 5. The number of nitrogens with one attached hydrogen (secondary N) is 1. The molecule has 0 bridgehead atoms. The lowest BCUT2D eigenvalue weighted by atomic mass is 10.1. The second-order valence-electron chi connectivity index (χ2n) is 3.97. The summed E-state index contributed by atoms with van der Waals surface area (Å²) in [7, 11) is 0. The maximum absolute atomic E-state index is 4.67. The maximum Gasteiger partial charge on any atom is 0.213 e. The Balaban J connectivity index is 1.74. The molecule has 0 aliphatic rings. The topological polar surface area (TPSA) is 63.8 Å². The van der Waals surface area contributed by atoms with E-state index in [4.69, 9.17) is 0 Å². The summed E-state index contributed by atoms with van der Waals surface area (Å²) < 4.78 is 4.67. The Morgan fingerprint density at radius 2 is 2.06 bits per heavy atom. The zero-order valence-electron chi connectivity index (χ0n) is 9.71. The summed E-state index contributed by atoms with van der Waals surface area (Å²) >= 11 is 0. The molecule has 0 radical (unpaired) electrons. The fraction of sp³-hybridized carbons (Fsp3) is 0.154. The van der Waals surface area contributed by atoms with Crippen molar-refractivity contribution < 1.29 is 4.52 Å². The summed E-state index contributed by atoms with van der Waals surface area (Å²) in [6.07, 6.45) is 5.08. The van der Waals surface area contributed by atoms with Crippen molar-refractivity contribution in [2.75, 3.05) is 0 Å². The van der Waals surface area contributed by atoms with Gasteiger partial charge in [-0.3, -0.25) is 4.98 Å². The van der Waals surface area contributed by atoms with Crippen LogP contribution in [0.5, 0.6) is 0 Å². The van der Waals surface area contributed by atoms with E-state index in [-0.39, 0.29) is 0 Å². The molecule has 0 saturated carbocycles. The molecule has 0 aliphatic carbocycles. The molecule has 0 aliphatic heterocycles. The maximum atomic E-state index is 4.67. The molecule has 5 nitrogen and oxygen atoms in total. The molecular formula is C13H12N4O. The first-order chi connectivity index (χ1) is 8.93. The Morgan fingerprint density at radius 3 is 2.94 bits per heavy atom. The first-order valence-electron chi connectivity index (χ1n) is 5.71. The van der Waals surface area contributed by atoms with Crippen LogP contribution in [0.25, 0.3) is 10.8 Å². The fourth-order valence-corrected chi connectivity index (χ4v) is 1.90. The summed E-state index contributed by atoms with van der Waals surface area (Å²) in [5.41, 5.74) is 1.16. The van der Waals surface area contributed by atoms with Crippen molar-refractivity contribution in [3.8, 4) is 0 Å². The van der Waals surface area contributed by atoms with Crippen LogP contribution in [-0.4, -0.2) is 15.1 Å². The van der Waals surface area contributed by atoms with E-state index in [0.717, 1.165) is 17.5 Å². The van der Waals surface area contributed by atoms with Gasteiger partial charge < -0.3 is 9.84 Å². The predicted octanol–water partition coefficient (Wildman–Crippen LogP) is 1.91. The van der Waals surface area contributed by atoms with Crippen molar-refractivity contribution >= 4 is 10.8 Å². The van der Waals surface area contributed by atoms with E-state index >= 15 is 0 Å². The first-order valence-corrected chi connectivity index (χ1v) is 5.71. The monoisotopic (exact) mass is 240 g/mol. The summed E-state index contributed by atoms with van der Waals surface area (Å²) in [5.74, 6) is 0.656. The van der Waals surface area contributed by atoms with E-state index in [1.807, 2.05) is 24.5 Å². The Bertz CT molecular complexity index is 631. The van der Waals surface area contributed by atoms with Crippen LogP contribution < -0.4 is 5.32 Å². The van der Waals surface area contributed by atoms with Crippen LogP contribution in [0.3, 0.4) is 0 Å². The smallest absolute Gasteiger partial charge is 0.213 e. The Labute approximate surface area is 104 Å². The van der Waals surface area contributed by atoms with Gasteiger partial charge in [0.1, 0.15) is 0 Å². The molecule has 2 aromatic heterocycles. The minimum atomic E-state index is 0.583. The Kier molecular flexibility index (Phi) is 2.97. The van der Waals surface area contributed by atoms with Gasteiger partial charge >= 0.3 is 0 Å². The Morgan fingerprint density at radius 1 is 1.11 bits per heavy atom. The molecule has 0 unspecified atom stereocenters. The normalized spacial score (nSPS) is 10.9. The van der Waals surface area contributed by atoms with Crippen LogP contribution >= 0.6 is 0 Å². The lowest BCUT2D eigenvalue weighted by Crippen LogP contribution is -2.14. The summed E-state index contributed by atoms with van der Waals surface area (Å²) in [4.78, 5) is 8.19. The number of rotatable bonds is 4. The molecule has 1 aromatic carbocycles. The minimum Gasteiger partial charge on any atom is -0.343 e. The van der Waals surface area contributed by atoms with E-state index in [0.29, 0.717) is 12.4 Å².